The van der Waals surface area contributed by atoms with E-state index in [2.05, 4.69) is 10.2 Å². The third-order valence-electron chi connectivity index (χ3n) is 1.99. The number of rotatable bonds is 2. The first-order valence-electron chi connectivity index (χ1n) is 4.19. The van der Waals surface area contributed by atoms with Crippen molar-refractivity contribution in [2.75, 3.05) is 0 Å². The van der Waals surface area contributed by atoms with E-state index in [9.17, 15) is 14.3 Å². The Kier molecular flexibility index (Phi) is 2.21. The number of nitrogens with zero attached hydrogens (tertiary/aromatic N) is 1. The molecule has 2 aromatic rings. The predicted octanol–water partition coefficient (Wildman–Crippen LogP) is 0.579. The van der Waals surface area contributed by atoms with Gasteiger partial charge in [0.15, 0.2) is 0 Å². The highest BCUT2D eigenvalue weighted by molar-refractivity contribution is 5.94. The molecule has 1 aromatic carbocycles. The molecule has 4 nitrogen and oxygen atoms in total. The van der Waals surface area contributed by atoms with Gasteiger partial charge >= 0.3 is 0 Å². The molecule has 15 heavy (non-hydrogen) atoms. The van der Waals surface area contributed by atoms with Crippen molar-refractivity contribution in [2.45, 2.75) is 0 Å². The van der Waals surface area contributed by atoms with Crippen LogP contribution in [0.25, 0.3) is 11.3 Å². The smallest absolute Gasteiger partial charge is 0.123 e. The second kappa shape index (κ2) is 3.53. The summed E-state index contributed by atoms with van der Waals surface area (Å²) >= 11 is 0. The van der Waals surface area contributed by atoms with Crippen LogP contribution in [0, 0.1) is 5.82 Å². The van der Waals surface area contributed by atoms with Gasteiger partial charge < -0.3 is 9.90 Å². The molecule has 5 heteroatoms. The molecule has 0 radical (unpaired) electrons. The molecule has 0 saturated heterocycles. The fraction of sp³-hybridized carbons (Fsp3) is 0. The molecule has 1 N–H and O–H groups in total. The van der Waals surface area contributed by atoms with E-state index in [0.717, 1.165) is 6.07 Å². The van der Waals surface area contributed by atoms with E-state index in [-0.39, 0.29) is 5.56 Å². The molecule has 0 spiro atoms. The zero-order valence-corrected chi connectivity index (χ0v) is 7.53. The third-order valence-corrected chi connectivity index (χ3v) is 1.99. The lowest BCUT2D eigenvalue weighted by atomic mass is 10.0. The van der Waals surface area contributed by atoms with Crippen molar-refractivity contribution in [3.05, 3.63) is 41.8 Å². The van der Waals surface area contributed by atoms with E-state index in [1.807, 2.05) is 0 Å². The number of carboxylic acids is 1. The number of benzene rings is 1. The SMILES string of the molecule is O=C([O-])c1cc(F)ccc1-c1ccn[nH]1. The van der Waals surface area contributed by atoms with Crippen LogP contribution in [0.4, 0.5) is 4.39 Å². The fourth-order valence-electron chi connectivity index (χ4n) is 1.33. The molecule has 0 atom stereocenters. The van der Waals surface area contributed by atoms with Gasteiger partial charge in [0.25, 0.3) is 0 Å². The Hall–Kier alpha value is -2.17. The predicted molar refractivity (Wildman–Crippen MR) is 48.3 cm³/mol. The van der Waals surface area contributed by atoms with Crippen LogP contribution in [-0.4, -0.2) is 16.2 Å². The minimum absolute atomic E-state index is 0.195. The van der Waals surface area contributed by atoms with Crippen molar-refractivity contribution in [1.82, 2.24) is 10.2 Å². The minimum atomic E-state index is -1.42. The number of H-pyrrole nitrogens is 1. The Morgan fingerprint density at radius 1 is 1.40 bits per heavy atom. The van der Waals surface area contributed by atoms with Crippen LogP contribution >= 0.6 is 0 Å². The van der Waals surface area contributed by atoms with E-state index in [4.69, 9.17) is 0 Å². The largest absolute Gasteiger partial charge is 0.545 e. The zero-order chi connectivity index (χ0) is 10.8. The first kappa shape index (κ1) is 9.39. The van der Waals surface area contributed by atoms with Crippen LogP contribution < -0.4 is 5.11 Å². The Morgan fingerprint density at radius 2 is 2.20 bits per heavy atom. The topological polar surface area (TPSA) is 68.8 Å². The van der Waals surface area contributed by atoms with E-state index in [1.165, 1.54) is 18.3 Å². The van der Waals surface area contributed by atoms with E-state index < -0.39 is 11.8 Å². The zero-order valence-electron chi connectivity index (χ0n) is 7.53. The molecule has 1 heterocycles. The van der Waals surface area contributed by atoms with Crippen LogP contribution in [0.2, 0.25) is 0 Å². The van der Waals surface area contributed by atoms with Crippen LogP contribution in [0.1, 0.15) is 10.4 Å². The summed E-state index contributed by atoms with van der Waals surface area (Å²) in [6, 6.07) is 5.07. The average molecular weight is 205 g/mol. The van der Waals surface area contributed by atoms with Crippen LogP contribution in [0.5, 0.6) is 0 Å². The van der Waals surface area contributed by atoms with Gasteiger partial charge in [-0.05, 0) is 24.3 Å². The molecular formula is C10H6FN2O2-. The van der Waals surface area contributed by atoms with Crippen molar-refractivity contribution in [3.63, 3.8) is 0 Å². The second-order valence-corrected chi connectivity index (χ2v) is 2.95. The lowest BCUT2D eigenvalue weighted by Gasteiger charge is -2.08. The van der Waals surface area contributed by atoms with Gasteiger partial charge in [-0.3, -0.25) is 5.10 Å². The summed E-state index contributed by atoms with van der Waals surface area (Å²) in [7, 11) is 0. The van der Waals surface area contributed by atoms with Crippen molar-refractivity contribution in [1.29, 1.82) is 0 Å². The van der Waals surface area contributed by atoms with Crippen molar-refractivity contribution >= 4 is 5.97 Å². The molecule has 0 amide bonds. The second-order valence-electron chi connectivity index (χ2n) is 2.95. The van der Waals surface area contributed by atoms with Crippen LogP contribution in [0.15, 0.2) is 30.5 Å². The number of hydrogen-bond acceptors (Lipinski definition) is 3. The summed E-state index contributed by atoms with van der Waals surface area (Å²) in [4.78, 5) is 10.8. The standard InChI is InChI=1S/C10H7FN2O2/c11-6-1-2-7(8(5-6)10(14)15)9-3-4-12-13-9/h1-5H,(H,12,13)(H,14,15)/p-1. The number of aromatic carboxylic acids is 1. The Bertz CT molecular complexity index is 494. The lowest BCUT2D eigenvalue weighted by Crippen LogP contribution is -2.23. The highest BCUT2D eigenvalue weighted by Gasteiger charge is 2.08. The van der Waals surface area contributed by atoms with Crippen molar-refractivity contribution in [2.24, 2.45) is 0 Å². The Morgan fingerprint density at radius 3 is 2.80 bits per heavy atom. The molecule has 0 aliphatic heterocycles. The minimum Gasteiger partial charge on any atom is -0.545 e. The summed E-state index contributed by atoms with van der Waals surface area (Å²) in [6.45, 7) is 0. The number of halogens is 1. The number of aromatic amines is 1. The highest BCUT2D eigenvalue weighted by Crippen LogP contribution is 2.21. The van der Waals surface area contributed by atoms with E-state index in [1.54, 1.807) is 6.07 Å². The maximum Gasteiger partial charge on any atom is 0.123 e. The first-order valence-corrected chi connectivity index (χ1v) is 4.19. The average Bonchev–Trinajstić information content (AvgIpc) is 2.70. The van der Waals surface area contributed by atoms with Gasteiger partial charge in [-0.15, -0.1) is 0 Å². The molecule has 0 bridgehead atoms. The van der Waals surface area contributed by atoms with E-state index >= 15 is 0 Å². The number of carbonyl (C=O) groups is 1. The van der Waals surface area contributed by atoms with Crippen molar-refractivity contribution in [3.8, 4) is 11.3 Å². The Balaban J connectivity index is 2.61. The molecule has 0 saturated carbocycles. The first-order chi connectivity index (χ1) is 7.18. The summed E-state index contributed by atoms with van der Waals surface area (Å²) in [5.74, 6) is -2.03. The molecule has 2 rings (SSSR count). The molecule has 76 valence electrons. The van der Waals surface area contributed by atoms with Gasteiger partial charge in [0.2, 0.25) is 0 Å². The van der Waals surface area contributed by atoms with Crippen molar-refractivity contribution < 1.29 is 14.3 Å². The van der Waals surface area contributed by atoms with Crippen LogP contribution in [-0.2, 0) is 0 Å². The van der Waals surface area contributed by atoms with Gasteiger partial charge in [-0.2, -0.15) is 5.10 Å². The normalized spacial score (nSPS) is 10.2. The number of carbonyl (C=O) groups excluding carboxylic acids is 1. The summed E-state index contributed by atoms with van der Waals surface area (Å²) < 4.78 is 12.8. The number of aromatic nitrogens is 2. The van der Waals surface area contributed by atoms with Gasteiger partial charge in [-0.25, -0.2) is 4.39 Å². The summed E-state index contributed by atoms with van der Waals surface area (Å²) in [5, 5.41) is 17.1. The van der Waals surface area contributed by atoms with Gasteiger partial charge in [0.1, 0.15) is 5.82 Å². The number of carboxylic acid groups (broad SMARTS) is 1. The summed E-state index contributed by atoms with van der Waals surface area (Å²) in [6.07, 6.45) is 1.48. The molecule has 0 unspecified atom stereocenters. The maximum atomic E-state index is 12.8. The highest BCUT2D eigenvalue weighted by atomic mass is 19.1. The van der Waals surface area contributed by atoms with Gasteiger partial charge in [0.05, 0.1) is 11.7 Å². The number of hydrogen-bond donors (Lipinski definition) is 1. The maximum absolute atomic E-state index is 12.8. The van der Waals surface area contributed by atoms with Gasteiger partial charge in [0, 0.05) is 17.3 Å². The van der Waals surface area contributed by atoms with E-state index in [0.29, 0.717) is 11.3 Å². The Labute approximate surface area is 84.4 Å². The molecule has 1 aromatic heterocycles. The molecule has 0 aliphatic carbocycles. The van der Waals surface area contributed by atoms with Crippen LogP contribution in [0.3, 0.4) is 0 Å². The molecule has 0 aliphatic rings. The fourth-order valence-corrected chi connectivity index (χ4v) is 1.33. The van der Waals surface area contributed by atoms with Gasteiger partial charge in [-0.1, -0.05) is 0 Å². The quantitative estimate of drug-likeness (QED) is 0.779. The summed E-state index contributed by atoms with van der Waals surface area (Å²) in [5.41, 5.74) is 0.669. The third kappa shape index (κ3) is 1.71. The molecule has 0 fully saturated rings. The monoisotopic (exact) mass is 205 g/mol. The lowest BCUT2D eigenvalue weighted by molar-refractivity contribution is -0.255. The molecular weight excluding hydrogens is 199 g/mol. The number of nitrogens with one attached hydrogen (secondary N) is 1.